The average molecular weight is 475 g/mol. The summed E-state index contributed by atoms with van der Waals surface area (Å²) in [5.41, 5.74) is 1.82. The summed E-state index contributed by atoms with van der Waals surface area (Å²) >= 11 is 0. The normalized spacial score (nSPS) is 21.7. The van der Waals surface area contributed by atoms with Crippen molar-refractivity contribution in [1.29, 1.82) is 0 Å². The molecule has 2 N–H and O–H groups in total. The van der Waals surface area contributed by atoms with E-state index >= 15 is 0 Å². The van der Waals surface area contributed by atoms with Crippen LogP contribution in [0.4, 0.5) is 10.5 Å². The summed E-state index contributed by atoms with van der Waals surface area (Å²) in [5, 5.41) is 5.56. The maximum atomic E-state index is 13.2. The van der Waals surface area contributed by atoms with Gasteiger partial charge >= 0.3 is 6.03 Å². The number of amides is 5. The number of imide groups is 1. The number of fused-ring (bicyclic) bond motifs is 2. The van der Waals surface area contributed by atoms with Crippen LogP contribution in [0.1, 0.15) is 60.0 Å². The SMILES string of the molecule is CN(C(=O)c1ccc(NC(=O)CN2C(=O)NC3(CCc4ccccc43)C2=O)cc1)C1CCCCC1. The first-order chi connectivity index (χ1) is 16.9. The van der Waals surface area contributed by atoms with Crippen LogP contribution in [0.2, 0.25) is 0 Å². The zero-order valence-corrected chi connectivity index (χ0v) is 19.9. The number of nitrogens with zero attached hydrogens (tertiary/aromatic N) is 2. The zero-order valence-electron chi connectivity index (χ0n) is 19.9. The van der Waals surface area contributed by atoms with Crippen LogP contribution in [0.3, 0.4) is 0 Å². The monoisotopic (exact) mass is 474 g/mol. The fourth-order valence-corrected chi connectivity index (χ4v) is 5.61. The lowest BCUT2D eigenvalue weighted by Gasteiger charge is -2.31. The molecule has 1 unspecified atom stereocenters. The molecule has 5 amide bonds. The Kier molecular flexibility index (Phi) is 6.05. The second-order valence-corrected chi connectivity index (χ2v) is 9.72. The number of benzene rings is 2. The van der Waals surface area contributed by atoms with Gasteiger partial charge in [-0.1, -0.05) is 43.5 Å². The first-order valence-corrected chi connectivity index (χ1v) is 12.3. The maximum Gasteiger partial charge on any atom is 0.325 e. The van der Waals surface area contributed by atoms with Crippen molar-refractivity contribution in [2.24, 2.45) is 0 Å². The molecule has 3 aliphatic rings. The summed E-state index contributed by atoms with van der Waals surface area (Å²) in [7, 11) is 1.85. The highest BCUT2D eigenvalue weighted by Gasteiger charge is 2.55. The fraction of sp³-hybridized carbons (Fsp3) is 0.407. The first-order valence-electron chi connectivity index (χ1n) is 12.3. The van der Waals surface area contributed by atoms with Crippen molar-refractivity contribution < 1.29 is 19.2 Å². The van der Waals surface area contributed by atoms with E-state index in [1.807, 2.05) is 36.2 Å². The first kappa shape index (κ1) is 23.1. The Hall–Kier alpha value is -3.68. The topological polar surface area (TPSA) is 98.8 Å². The summed E-state index contributed by atoms with van der Waals surface area (Å²) in [6.07, 6.45) is 6.78. The predicted molar refractivity (Wildman–Crippen MR) is 131 cm³/mol. The van der Waals surface area contributed by atoms with Gasteiger partial charge in [0, 0.05) is 24.3 Å². The minimum atomic E-state index is -1.08. The lowest BCUT2D eigenvalue weighted by molar-refractivity contribution is -0.134. The molecule has 1 heterocycles. The second-order valence-electron chi connectivity index (χ2n) is 9.72. The summed E-state index contributed by atoms with van der Waals surface area (Å²) in [4.78, 5) is 54.2. The molecule has 35 heavy (non-hydrogen) atoms. The molecule has 2 aromatic carbocycles. The third-order valence-electron chi connectivity index (χ3n) is 7.58. The standard InChI is InChI=1S/C27H30N4O4/c1-30(21-8-3-2-4-9-21)24(33)19-11-13-20(14-12-19)28-23(32)17-31-25(34)27(29-26(31)35)16-15-18-7-5-6-10-22(18)27/h5-7,10-14,21H,2-4,8-9,15-17H2,1H3,(H,28,32)(H,29,35). The van der Waals surface area contributed by atoms with E-state index in [0.717, 1.165) is 41.7 Å². The van der Waals surface area contributed by atoms with Gasteiger partial charge in [0.05, 0.1) is 0 Å². The van der Waals surface area contributed by atoms with Crippen LogP contribution < -0.4 is 10.6 Å². The number of hydrogen-bond donors (Lipinski definition) is 2. The van der Waals surface area contributed by atoms with Crippen molar-refractivity contribution in [3.8, 4) is 0 Å². The number of aryl methyl sites for hydroxylation is 1. The molecule has 2 aromatic rings. The Bertz CT molecular complexity index is 1170. The van der Waals surface area contributed by atoms with Crippen molar-refractivity contribution in [2.45, 2.75) is 56.5 Å². The second kappa shape index (κ2) is 9.17. The van der Waals surface area contributed by atoms with Crippen molar-refractivity contribution in [2.75, 3.05) is 18.9 Å². The number of urea groups is 1. The van der Waals surface area contributed by atoms with Crippen LogP contribution in [0.5, 0.6) is 0 Å². The van der Waals surface area contributed by atoms with E-state index in [4.69, 9.17) is 0 Å². The quantitative estimate of drug-likeness (QED) is 0.649. The molecular weight excluding hydrogens is 444 g/mol. The highest BCUT2D eigenvalue weighted by atomic mass is 16.2. The van der Waals surface area contributed by atoms with E-state index in [9.17, 15) is 19.2 Å². The van der Waals surface area contributed by atoms with Crippen LogP contribution >= 0.6 is 0 Å². The van der Waals surface area contributed by atoms with Gasteiger partial charge in [-0.2, -0.15) is 0 Å². The van der Waals surface area contributed by atoms with E-state index in [0.29, 0.717) is 24.1 Å². The molecule has 0 aromatic heterocycles. The molecule has 0 radical (unpaired) electrons. The largest absolute Gasteiger partial charge is 0.339 e. The minimum absolute atomic E-state index is 0.0312. The van der Waals surface area contributed by atoms with E-state index in [2.05, 4.69) is 10.6 Å². The van der Waals surface area contributed by atoms with Crippen LogP contribution in [0.25, 0.3) is 0 Å². The van der Waals surface area contributed by atoms with Gasteiger partial charge in [0.2, 0.25) is 5.91 Å². The Morgan fingerprint density at radius 1 is 1.06 bits per heavy atom. The van der Waals surface area contributed by atoms with Crippen LogP contribution in [-0.4, -0.2) is 53.2 Å². The molecule has 182 valence electrons. The highest BCUT2D eigenvalue weighted by Crippen LogP contribution is 2.41. The Morgan fingerprint density at radius 2 is 1.77 bits per heavy atom. The number of hydrogen-bond acceptors (Lipinski definition) is 4. The van der Waals surface area contributed by atoms with Crippen molar-refractivity contribution in [3.63, 3.8) is 0 Å². The molecule has 5 rings (SSSR count). The molecule has 1 saturated heterocycles. The third kappa shape index (κ3) is 4.17. The molecular formula is C27H30N4O4. The molecule has 2 aliphatic carbocycles. The van der Waals surface area contributed by atoms with Gasteiger partial charge in [-0.05, 0) is 61.1 Å². The summed E-state index contributed by atoms with van der Waals surface area (Å²) in [5.74, 6) is -0.902. The van der Waals surface area contributed by atoms with Crippen molar-refractivity contribution >= 4 is 29.4 Å². The van der Waals surface area contributed by atoms with Crippen LogP contribution in [0.15, 0.2) is 48.5 Å². The smallest absolute Gasteiger partial charge is 0.325 e. The van der Waals surface area contributed by atoms with Gasteiger partial charge in [0.15, 0.2) is 0 Å². The molecule has 0 bridgehead atoms. The highest BCUT2D eigenvalue weighted by molar-refractivity contribution is 6.11. The van der Waals surface area contributed by atoms with Crippen LogP contribution in [0, 0.1) is 0 Å². The molecule has 8 nitrogen and oxygen atoms in total. The lowest BCUT2D eigenvalue weighted by atomic mass is 9.92. The summed E-state index contributed by atoms with van der Waals surface area (Å²) in [6, 6.07) is 14.0. The van der Waals surface area contributed by atoms with E-state index in [-0.39, 0.29) is 18.5 Å². The molecule has 1 spiro atoms. The molecule has 1 atom stereocenters. The fourth-order valence-electron chi connectivity index (χ4n) is 5.61. The average Bonchev–Trinajstić information content (AvgIpc) is 3.37. The van der Waals surface area contributed by atoms with Gasteiger partial charge in [0.25, 0.3) is 11.8 Å². The molecule has 1 aliphatic heterocycles. The van der Waals surface area contributed by atoms with E-state index in [1.165, 1.54) is 6.42 Å². The lowest BCUT2D eigenvalue weighted by Crippen LogP contribution is -2.43. The van der Waals surface area contributed by atoms with Crippen LogP contribution in [-0.2, 0) is 21.5 Å². The third-order valence-corrected chi connectivity index (χ3v) is 7.58. The number of nitrogens with one attached hydrogen (secondary N) is 2. The van der Waals surface area contributed by atoms with Gasteiger partial charge < -0.3 is 15.5 Å². The number of anilines is 1. The van der Waals surface area contributed by atoms with Crippen molar-refractivity contribution in [1.82, 2.24) is 15.1 Å². The maximum absolute atomic E-state index is 13.2. The van der Waals surface area contributed by atoms with Crippen molar-refractivity contribution in [3.05, 3.63) is 65.2 Å². The molecule has 2 fully saturated rings. The summed E-state index contributed by atoms with van der Waals surface area (Å²) < 4.78 is 0. The minimum Gasteiger partial charge on any atom is -0.339 e. The Labute approximate surface area is 204 Å². The van der Waals surface area contributed by atoms with Gasteiger partial charge in [-0.25, -0.2) is 4.79 Å². The van der Waals surface area contributed by atoms with Gasteiger partial charge in [0.1, 0.15) is 12.1 Å². The van der Waals surface area contributed by atoms with E-state index < -0.39 is 23.4 Å². The number of rotatable bonds is 5. The van der Waals surface area contributed by atoms with Gasteiger partial charge in [-0.15, -0.1) is 0 Å². The van der Waals surface area contributed by atoms with E-state index in [1.54, 1.807) is 24.3 Å². The zero-order chi connectivity index (χ0) is 24.6. The predicted octanol–water partition coefficient (Wildman–Crippen LogP) is 3.42. The Balaban J connectivity index is 1.21. The molecule has 1 saturated carbocycles. The molecule has 8 heteroatoms. The number of carbonyl (C=O) groups is 4. The van der Waals surface area contributed by atoms with Gasteiger partial charge in [-0.3, -0.25) is 19.3 Å². The number of carbonyl (C=O) groups excluding carboxylic acids is 4. The Morgan fingerprint density at radius 3 is 2.51 bits per heavy atom. The summed E-state index contributed by atoms with van der Waals surface area (Å²) in [6.45, 7) is -0.375.